The number of ketones is 1. The van der Waals surface area contributed by atoms with Gasteiger partial charge in [-0.25, -0.2) is 23.1 Å². The van der Waals surface area contributed by atoms with Gasteiger partial charge in [-0.3, -0.25) is 18.7 Å². The van der Waals surface area contributed by atoms with Crippen LogP contribution in [0, 0.1) is 0 Å². The van der Waals surface area contributed by atoms with Crippen molar-refractivity contribution in [3.8, 4) is 0 Å². The van der Waals surface area contributed by atoms with Gasteiger partial charge in [0.1, 0.15) is 11.4 Å². The van der Waals surface area contributed by atoms with Gasteiger partial charge in [-0.15, -0.1) is 0 Å². The van der Waals surface area contributed by atoms with Gasteiger partial charge in [0.2, 0.25) is 15.8 Å². The number of esters is 1. The number of hydrogen-bond donors (Lipinski definition) is 2. The Hall–Kier alpha value is -2.77. The van der Waals surface area contributed by atoms with Crippen LogP contribution in [0.1, 0.15) is 20.7 Å². The van der Waals surface area contributed by atoms with E-state index in [1.165, 1.54) is 26.2 Å². The molecule has 150 valence electrons. The summed E-state index contributed by atoms with van der Waals surface area (Å²) in [6.07, 6.45) is 0. The Morgan fingerprint density at radius 2 is 1.79 bits per heavy atom. The van der Waals surface area contributed by atoms with Gasteiger partial charge in [-0.2, -0.15) is 0 Å². The number of sulfonamides is 1. The van der Waals surface area contributed by atoms with Crippen LogP contribution in [0.4, 0.5) is 5.82 Å². The molecule has 0 aliphatic heterocycles. The second-order valence-corrected chi connectivity index (χ2v) is 8.07. The van der Waals surface area contributed by atoms with Crippen molar-refractivity contribution in [2.45, 2.75) is 4.90 Å². The predicted octanol–water partition coefficient (Wildman–Crippen LogP) is -0.884. The van der Waals surface area contributed by atoms with E-state index in [1.54, 1.807) is 0 Å². The summed E-state index contributed by atoms with van der Waals surface area (Å²) < 4.78 is 29.5. The molecule has 0 saturated carbocycles. The van der Waals surface area contributed by atoms with Crippen LogP contribution in [0.5, 0.6) is 0 Å². The molecule has 2 rings (SSSR count). The van der Waals surface area contributed by atoms with Gasteiger partial charge >= 0.3 is 11.7 Å². The normalized spacial score (nSPS) is 11.3. The molecule has 0 spiro atoms. The summed E-state index contributed by atoms with van der Waals surface area (Å²) in [4.78, 5) is 48.2. The highest BCUT2D eigenvalue weighted by Gasteiger charge is 2.23. The summed E-state index contributed by atoms with van der Waals surface area (Å²) >= 11 is 3.07. The summed E-state index contributed by atoms with van der Waals surface area (Å²) in [6.45, 7) is -0.859. The molecule has 4 N–H and O–H groups in total. The zero-order chi connectivity index (χ0) is 21.4. The van der Waals surface area contributed by atoms with Crippen molar-refractivity contribution >= 4 is 43.5 Å². The van der Waals surface area contributed by atoms with Gasteiger partial charge in [0.15, 0.2) is 6.61 Å². The van der Waals surface area contributed by atoms with E-state index < -0.39 is 45.2 Å². The lowest BCUT2D eigenvalue weighted by molar-refractivity contribution is 0.0473. The highest BCUT2D eigenvalue weighted by molar-refractivity contribution is 9.10. The molecule has 0 aliphatic rings. The van der Waals surface area contributed by atoms with Gasteiger partial charge < -0.3 is 10.5 Å². The Morgan fingerprint density at radius 1 is 1.18 bits per heavy atom. The quantitative estimate of drug-likeness (QED) is 0.414. The number of ether oxygens (including phenoxy) is 1. The number of nitrogen functional groups attached to an aromatic ring is 1. The summed E-state index contributed by atoms with van der Waals surface area (Å²) in [7, 11) is -1.62. The highest BCUT2D eigenvalue weighted by Crippen LogP contribution is 2.21. The fourth-order valence-electron chi connectivity index (χ4n) is 2.24. The molecule has 2 aromatic rings. The van der Waals surface area contributed by atoms with Crippen molar-refractivity contribution in [1.82, 2.24) is 9.13 Å². The molecule has 0 radical (unpaired) electrons. The van der Waals surface area contributed by atoms with Gasteiger partial charge in [0.05, 0.1) is 10.5 Å². The second-order valence-electron chi connectivity index (χ2n) is 5.65. The number of rotatable bonds is 5. The van der Waals surface area contributed by atoms with Crippen molar-refractivity contribution in [3.63, 3.8) is 0 Å². The van der Waals surface area contributed by atoms with Crippen molar-refractivity contribution < 1.29 is 22.7 Å². The fraction of sp³-hybridized carbons (Fsp3) is 0.200. The first kappa shape index (κ1) is 21.5. The maximum atomic E-state index is 12.3. The highest BCUT2D eigenvalue weighted by atomic mass is 79.9. The molecule has 1 aromatic heterocycles. The number of nitrogens with two attached hydrogens (primary N) is 2. The molecule has 1 heterocycles. The molecule has 13 heteroatoms. The molecule has 28 heavy (non-hydrogen) atoms. The van der Waals surface area contributed by atoms with Gasteiger partial charge in [0.25, 0.3) is 5.56 Å². The smallest absolute Gasteiger partial charge is 0.339 e. The lowest BCUT2D eigenvalue weighted by Crippen LogP contribution is -2.42. The largest absolute Gasteiger partial charge is 0.454 e. The first-order chi connectivity index (χ1) is 12.9. The standard InChI is InChI=1S/C15H15BrN4O7S/c1-19-12(17)11(13(22)20(2)15(19)24)10(21)6-27-14(23)8-5-7(28(18,25)26)3-4-9(8)16/h3-5H,6,17H2,1-2H3,(H2,18,25,26). The SMILES string of the molecule is Cn1c(N)c(C(=O)COC(=O)c2cc(S(N)(=O)=O)ccc2Br)c(=O)n(C)c1=O. The zero-order valence-electron chi connectivity index (χ0n) is 14.6. The number of carbonyl (C=O) groups excluding carboxylic acids is 2. The predicted molar refractivity (Wildman–Crippen MR) is 101 cm³/mol. The Morgan fingerprint density at radius 3 is 2.36 bits per heavy atom. The van der Waals surface area contributed by atoms with Crippen LogP contribution in [0.3, 0.4) is 0 Å². The number of primary sulfonamides is 1. The molecule has 0 atom stereocenters. The molecule has 0 saturated heterocycles. The number of aromatic nitrogens is 2. The number of nitrogens with zero attached hydrogens (tertiary/aromatic N) is 2. The van der Waals surface area contributed by atoms with Gasteiger partial charge in [-0.1, -0.05) is 0 Å². The average molecular weight is 475 g/mol. The van der Waals surface area contributed by atoms with Crippen LogP contribution in [-0.2, 0) is 28.9 Å². The van der Waals surface area contributed by atoms with Crippen LogP contribution in [0.25, 0.3) is 0 Å². The lowest BCUT2D eigenvalue weighted by atomic mass is 10.2. The second kappa shape index (κ2) is 7.69. The van der Waals surface area contributed by atoms with Crippen LogP contribution in [-0.4, -0.2) is 35.9 Å². The molecule has 0 aliphatic carbocycles. The van der Waals surface area contributed by atoms with Crippen LogP contribution < -0.4 is 22.1 Å². The zero-order valence-corrected chi connectivity index (χ0v) is 17.0. The van der Waals surface area contributed by atoms with Crippen LogP contribution >= 0.6 is 15.9 Å². The Balaban J connectivity index is 2.31. The minimum atomic E-state index is -4.06. The van der Waals surface area contributed by atoms with E-state index in [2.05, 4.69) is 15.9 Å². The molecule has 0 unspecified atom stereocenters. The number of Topliss-reactive ketones (excluding diaryl/α,β-unsaturated/α-hetero) is 1. The summed E-state index contributed by atoms with van der Waals surface area (Å²) in [5, 5.41) is 5.02. The number of halogens is 1. The Labute approximate surface area is 166 Å². The molecule has 0 bridgehead atoms. The van der Waals surface area contributed by atoms with Crippen molar-refractivity contribution in [2.24, 2.45) is 19.2 Å². The molecular formula is C15H15BrN4O7S. The van der Waals surface area contributed by atoms with E-state index in [1.807, 2.05) is 0 Å². The van der Waals surface area contributed by atoms with Gasteiger partial charge in [0, 0.05) is 18.6 Å². The lowest BCUT2D eigenvalue weighted by Gasteiger charge is -2.11. The third kappa shape index (κ3) is 4.05. The monoisotopic (exact) mass is 474 g/mol. The minimum absolute atomic E-state index is 0.194. The van der Waals surface area contributed by atoms with E-state index in [-0.39, 0.29) is 20.7 Å². The summed E-state index contributed by atoms with van der Waals surface area (Å²) in [5.41, 5.74) is 3.31. The van der Waals surface area contributed by atoms with E-state index in [9.17, 15) is 27.6 Å². The van der Waals surface area contributed by atoms with E-state index in [0.717, 1.165) is 10.6 Å². The first-order valence-electron chi connectivity index (χ1n) is 7.44. The minimum Gasteiger partial charge on any atom is -0.454 e. The molecule has 0 fully saturated rings. The van der Waals surface area contributed by atoms with Crippen LogP contribution in [0.2, 0.25) is 0 Å². The third-order valence-electron chi connectivity index (χ3n) is 3.81. The molecule has 1 aromatic carbocycles. The van der Waals surface area contributed by atoms with E-state index in [0.29, 0.717) is 4.57 Å². The van der Waals surface area contributed by atoms with Crippen molar-refractivity contribution in [2.75, 3.05) is 12.3 Å². The van der Waals surface area contributed by atoms with Crippen LogP contribution in [0.15, 0.2) is 37.2 Å². The maximum absolute atomic E-state index is 12.3. The van der Waals surface area contributed by atoms with E-state index in [4.69, 9.17) is 15.6 Å². The Kier molecular flexibility index (Phi) is 5.91. The number of hydrogen-bond acceptors (Lipinski definition) is 8. The first-order valence-corrected chi connectivity index (χ1v) is 9.78. The van der Waals surface area contributed by atoms with Gasteiger partial charge in [-0.05, 0) is 34.1 Å². The third-order valence-corrected chi connectivity index (χ3v) is 5.41. The summed E-state index contributed by atoms with van der Waals surface area (Å²) in [5.74, 6) is -2.33. The molecule has 11 nitrogen and oxygen atoms in total. The Bertz CT molecular complexity index is 1210. The number of carbonyl (C=O) groups is 2. The molecular weight excluding hydrogens is 460 g/mol. The topological polar surface area (TPSA) is 174 Å². The average Bonchev–Trinajstić information content (AvgIpc) is 2.62. The van der Waals surface area contributed by atoms with Crippen molar-refractivity contribution in [3.05, 3.63) is 54.6 Å². The summed E-state index contributed by atoms with van der Waals surface area (Å²) in [6, 6.07) is 3.43. The van der Waals surface area contributed by atoms with E-state index >= 15 is 0 Å². The molecule has 0 amide bonds. The maximum Gasteiger partial charge on any atom is 0.339 e. The number of benzene rings is 1. The fourth-order valence-corrected chi connectivity index (χ4v) is 3.19. The van der Waals surface area contributed by atoms with Crippen molar-refractivity contribution in [1.29, 1.82) is 0 Å². The number of anilines is 1.